The van der Waals surface area contributed by atoms with Crippen LogP contribution in [0.3, 0.4) is 0 Å². The Morgan fingerprint density at radius 1 is 1.29 bits per heavy atom. The average molecular weight is 295 g/mol. The SMILES string of the molecule is CCCN1CNC(=O)C12CCN(C1CCCCC1O)CC2. The van der Waals surface area contributed by atoms with Crippen LogP contribution in [-0.2, 0) is 4.79 Å². The topological polar surface area (TPSA) is 55.8 Å². The number of carbonyl (C=O) groups excluding carboxylic acids is 1. The molecule has 120 valence electrons. The monoisotopic (exact) mass is 295 g/mol. The molecule has 5 nitrogen and oxygen atoms in total. The first-order valence-corrected chi connectivity index (χ1v) is 8.63. The Morgan fingerprint density at radius 3 is 2.67 bits per heavy atom. The molecule has 0 aromatic rings. The Morgan fingerprint density at radius 2 is 2.00 bits per heavy atom. The zero-order valence-corrected chi connectivity index (χ0v) is 13.2. The number of nitrogens with zero attached hydrogens (tertiary/aromatic N) is 2. The summed E-state index contributed by atoms with van der Waals surface area (Å²) in [5, 5.41) is 13.3. The van der Waals surface area contributed by atoms with E-state index >= 15 is 0 Å². The summed E-state index contributed by atoms with van der Waals surface area (Å²) in [5.41, 5.74) is -0.272. The van der Waals surface area contributed by atoms with E-state index in [1.165, 1.54) is 6.42 Å². The molecule has 3 aliphatic rings. The minimum Gasteiger partial charge on any atom is -0.391 e. The minimum atomic E-state index is -0.272. The van der Waals surface area contributed by atoms with E-state index in [4.69, 9.17) is 0 Å². The first-order chi connectivity index (χ1) is 10.2. The van der Waals surface area contributed by atoms with Crippen molar-refractivity contribution in [3.05, 3.63) is 0 Å². The fraction of sp³-hybridized carbons (Fsp3) is 0.938. The third kappa shape index (κ3) is 2.71. The fourth-order valence-corrected chi connectivity index (χ4v) is 4.48. The van der Waals surface area contributed by atoms with Crippen molar-refractivity contribution in [2.45, 2.75) is 69.6 Å². The minimum absolute atomic E-state index is 0.169. The van der Waals surface area contributed by atoms with E-state index in [0.29, 0.717) is 12.7 Å². The molecule has 0 radical (unpaired) electrons. The number of hydrogen-bond acceptors (Lipinski definition) is 4. The lowest BCUT2D eigenvalue weighted by molar-refractivity contribution is -0.130. The van der Waals surface area contributed by atoms with Gasteiger partial charge in [-0.2, -0.15) is 0 Å². The van der Waals surface area contributed by atoms with Crippen LogP contribution in [0.2, 0.25) is 0 Å². The van der Waals surface area contributed by atoms with Crippen LogP contribution in [-0.4, -0.2) is 64.8 Å². The highest BCUT2D eigenvalue weighted by Crippen LogP contribution is 2.35. The maximum absolute atomic E-state index is 12.4. The van der Waals surface area contributed by atoms with Gasteiger partial charge in [-0.1, -0.05) is 19.8 Å². The Labute approximate surface area is 127 Å². The van der Waals surface area contributed by atoms with Crippen LogP contribution in [0.1, 0.15) is 51.9 Å². The number of hydrogen-bond donors (Lipinski definition) is 2. The molecular weight excluding hydrogens is 266 g/mol. The van der Waals surface area contributed by atoms with Gasteiger partial charge in [0, 0.05) is 25.7 Å². The van der Waals surface area contributed by atoms with Gasteiger partial charge in [-0.15, -0.1) is 0 Å². The molecule has 2 heterocycles. The number of aliphatic hydroxyl groups excluding tert-OH is 1. The van der Waals surface area contributed by atoms with Crippen molar-refractivity contribution in [2.24, 2.45) is 0 Å². The number of rotatable bonds is 3. The number of likely N-dealkylation sites (tertiary alicyclic amines) is 1. The van der Waals surface area contributed by atoms with Crippen LogP contribution in [0.15, 0.2) is 0 Å². The second-order valence-electron chi connectivity index (χ2n) is 6.91. The predicted molar refractivity (Wildman–Crippen MR) is 81.8 cm³/mol. The molecule has 21 heavy (non-hydrogen) atoms. The van der Waals surface area contributed by atoms with Crippen LogP contribution in [0, 0.1) is 0 Å². The van der Waals surface area contributed by atoms with Gasteiger partial charge >= 0.3 is 0 Å². The van der Waals surface area contributed by atoms with Gasteiger partial charge < -0.3 is 10.4 Å². The highest BCUT2D eigenvalue weighted by atomic mass is 16.3. The molecule has 2 atom stereocenters. The zero-order valence-electron chi connectivity index (χ0n) is 13.2. The van der Waals surface area contributed by atoms with E-state index in [1.807, 2.05) is 0 Å². The Kier molecular flexibility index (Phi) is 4.52. The first-order valence-electron chi connectivity index (χ1n) is 8.63. The van der Waals surface area contributed by atoms with Gasteiger partial charge in [0.25, 0.3) is 0 Å². The van der Waals surface area contributed by atoms with E-state index in [0.717, 1.165) is 58.2 Å². The van der Waals surface area contributed by atoms with Crippen molar-refractivity contribution in [3.63, 3.8) is 0 Å². The third-order valence-corrected chi connectivity index (χ3v) is 5.74. The second kappa shape index (κ2) is 6.23. The van der Waals surface area contributed by atoms with E-state index in [2.05, 4.69) is 22.0 Å². The summed E-state index contributed by atoms with van der Waals surface area (Å²) in [6, 6.07) is 0.320. The Hall–Kier alpha value is -0.650. The number of nitrogens with one attached hydrogen (secondary N) is 1. The molecule has 0 aromatic carbocycles. The summed E-state index contributed by atoms with van der Waals surface area (Å²) < 4.78 is 0. The molecule has 2 unspecified atom stereocenters. The molecule has 2 N–H and O–H groups in total. The lowest BCUT2D eigenvalue weighted by Crippen LogP contribution is -2.59. The Balaban J connectivity index is 1.64. The largest absolute Gasteiger partial charge is 0.391 e. The molecule has 1 aliphatic carbocycles. The molecule has 1 spiro atoms. The lowest BCUT2D eigenvalue weighted by atomic mass is 9.83. The zero-order chi connectivity index (χ0) is 14.9. The molecule has 1 saturated carbocycles. The second-order valence-corrected chi connectivity index (χ2v) is 6.91. The van der Waals surface area contributed by atoms with Gasteiger partial charge in [-0.25, -0.2) is 0 Å². The van der Waals surface area contributed by atoms with Crippen LogP contribution in [0.25, 0.3) is 0 Å². The number of carbonyl (C=O) groups is 1. The molecule has 1 amide bonds. The summed E-state index contributed by atoms with van der Waals surface area (Å²) in [4.78, 5) is 17.1. The maximum atomic E-state index is 12.4. The third-order valence-electron chi connectivity index (χ3n) is 5.74. The summed E-state index contributed by atoms with van der Waals surface area (Å²) >= 11 is 0. The average Bonchev–Trinajstić information content (AvgIpc) is 2.79. The van der Waals surface area contributed by atoms with E-state index in [-0.39, 0.29) is 17.6 Å². The van der Waals surface area contributed by atoms with Crippen LogP contribution >= 0.6 is 0 Å². The predicted octanol–water partition coefficient (Wildman–Crippen LogP) is 0.924. The molecule has 0 aromatic heterocycles. The highest BCUT2D eigenvalue weighted by molar-refractivity contribution is 5.88. The van der Waals surface area contributed by atoms with Gasteiger partial charge in [0.05, 0.1) is 12.8 Å². The number of aliphatic hydroxyl groups is 1. The normalized spacial score (nSPS) is 34.3. The van der Waals surface area contributed by atoms with Crippen LogP contribution in [0.5, 0.6) is 0 Å². The van der Waals surface area contributed by atoms with E-state index in [9.17, 15) is 9.90 Å². The van der Waals surface area contributed by atoms with Gasteiger partial charge in [0.2, 0.25) is 5.91 Å². The summed E-state index contributed by atoms with van der Waals surface area (Å²) in [6.45, 7) is 5.75. The number of amides is 1. The van der Waals surface area contributed by atoms with Crippen molar-refractivity contribution in [1.29, 1.82) is 0 Å². The van der Waals surface area contributed by atoms with Crippen LogP contribution in [0.4, 0.5) is 0 Å². The van der Waals surface area contributed by atoms with Gasteiger partial charge in [0.1, 0.15) is 5.54 Å². The van der Waals surface area contributed by atoms with Crippen molar-refractivity contribution in [1.82, 2.24) is 15.1 Å². The van der Waals surface area contributed by atoms with E-state index in [1.54, 1.807) is 0 Å². The summed E-state index contributed by atoms with van der Waals surface area (Å²) in [5.74, 6) is 0.222. The van der Waals surface area contributed by atoms with Gasteiger partial charge in [0.15, 0.2) is 0 Å². The molecule has 0 bridgehead atoms. The smallest absolute Gasteiger partial charge is 0.241 e. The molecule has 3 rings (SSSR count). The lowest BCUT2D eigenvalue weighted by Gasteiger charge is -2.46. The molecular formula is C16H29N3O2. The fourth-order valence-electron chi connectivity index (χ4n) is 4.48. The van der Waals surface area contributed by atoms with Crippen LogP contribution < -0.4 is 5.32 Å². The highest BCUT2D eigenvalue weighted by Gasteiger charge is 2.50. The summed E-state index contributed by atoms with van der Waals surface area (Å²) in [7, 11) is 0. The van der Waals surface area contributed by atoms with Crippen molar-refractivity contribution in [2.75, 3.05) is 26.3 Å². The van der Waals surface area contributed by atoms with Crippen molar-refractivity contribution < 1.29 is 9.90 Å². The number of piperidine rings is 1. The molecule has 5 heteroatoms. The molecule has 3 fully saturated rings. The first kappa shape index (κ1) is 15.3. The molecule has 2 aliphatic heterocycles. The molecule has 2 saturated heterocycles. The Bertz CT molecular complexity index is 380. The maximum Gasteiger partial charge on any atom is 0.241 e. The standard InChI is InChI=1S/C16H29N3O2/c1-2-9-19-12-17-15(21)16(19)7-10-18(11-8-16)13-5-3-4-6-14(13)20/h13-14,20H,2-12H2,1H3,(H,17,21). The quantitative estimate of drug-likeness (QED) is 0.813. The van der Waals surface area contributed by atoms with E-state index < -0.39 is 0 Å². The van der Waals surface area contributed by atoms with Gasteiger partial charge in [-0.3, -0.25) is 14.6 Å². The van der Waals surface area contributed by atoms with Crippen molar-refractivity contribution in [3.8, 4) is 0 Å². The summed E-state index contributed by atoms with van der Waals surface area (Å²) in [6.07, 6.45) is 7.16. The van der Waals surface area contributed by atoms with Gasteiger partial charge in [-0.05, 0) is 32.1 Å². The van der Waals surface area contributed by atoms with Crippen molar-refractivity contribution >= 4 is 5.91 Å².